The van der Waals surface area contributed by atoms with Crippen molar-refractivity contribution in [3.05, 3.63) is 60.6 Å². The maximum atomic E-state index is 11.6. The molecule has 2 unspecified atom stereocenters. The highest BCUT2D eigenvalue weighted by Crippen LogP contribution is 2.28. The molecule has 2 atom stereocenters. The van der Waals surface area contributed by atoms with Crippen LogP contribution in [0.4, 0.5) is 5.95 Å². The topological polar surface area (TPSA) is 85.3 Å². The van der Waals surface area contributed by atoms with Crippen molar-refractivity contribution in [2.75, 3.05) is 30.9 Å². The van der Waals surface area contributed by atoms with E-state index in [1.165, 1.54) is 6.07 Å². The first-order valence-electron chi connectivity index (χ1n) is 10.8. The molecular formula is C24H28N4O3S. The van der Waals surface area contributed by atoms with Crippen molar-refractivity contribution >= 4 is 15.8 Å². The molecule has 8 heteroatoms. The van der Waals surface area contributed by atoms with Crippen LogP contribution in [0.25, 0.3) is 11.1 Å². The zero-order valence-electron chi connectivity index (χ0n) is 18.6. The van der Waals surface area contributed by atoms with Crippen molar-refractivity contribution in [3.63, 3.8) is 0 Å². The van der Waals surface area contributed by atoms with Crippen LogP contribution in [-0.4, -0.2) is 49.3 Å². The maximum absolute atomic E-state index is 11.6. The molecule has 168 valence electrons. The summed E-state index contributed by atoms with van der Waals surface area (Å²) in [5, 5.41) is 0.0765. The smallest absolute Gasteiger partial charge is 0.225 e. The molecule has 1 saturated heterocycles. The second-order valence-corrected chi connectivity index (χ2v) is 10.3. The average Bonchev–Trinajstić information content (AvgIpc) is 3.18. The molecule has 3 aromatic rings. The SMILES string of the molecule is CCc1cnc(N2CC(C)C(COc3ccc(-c4ccc(S(C)(=O)=O)nc4)cc3)C2)nc1. The van der Waals surface area contributed by atoms with Gasteiger partial charge in [0, 0.05) is 49.4 Å². The van der Waals surface area contributed by atoms with E-state index in [9.17, 15) is 8.42 Å². The first-order chi connectivity index (χ1) is 15.3. The third-order valence-corrected chi connectivity index (χ3v) is 6.92. The number of hydrogen-bond acceptors (Lipinski definition) is 7. The fourth-order valence-corrected chi connectivity index (χ4v) is 4.39. The second kappa shape index (κ2) is 9.24. The lowest BCUT2D eigenvalue weighted by molar-refractivity contribution is 0.233. The van der Waals surface area contributed by atoms with Crippen molar-refractivity contribution < 1.29 is 13.2 Å². The molecule has 0 bridgehead atoms. The number of ether oxygens (including phenoxy) is 1. The number of aromatic nitrogens is 3. The van der Waals surface area contributed by atoms with E-state index in [4.69, 9.17) is 4.74 Å². The molecule has 4 rings (SSSR count). The molecule has 1 aromatic carbocycles. The maximum Gasteiger partial charge on any atom is 0.225 e. The highest BCUT2D eigenvalue weighted by molar-refractivity contribution is 7.90. The highest BCUT2D eigenvalue weighted by Gasteiger charge is 2.31. The van der Waals surface area contributed by atoms with Gasteiger partial charge in [0.2, 0.25) is 5.95 Å². The minimum Gasteiger partial charge on any atom is -0.493 e. The van der Waals surface area contributed by atoms with Gasteiger partial charge in [0.15, 0.2) is 14.9 Å². The van der Waals surface area contributed by atoms with Gasteiger partial charge in [-0.1, -0.05) is 26.0 Å². The Bertz CT molecular complexity index is 1150. The van der Waals surface area contributed by atoms with Crippen LogP contribution in [0.2, 0.25) is 0 Å². The molecule has 0 saturated carbocycles. The van der Waals surface area contributed by atoms with Crippen LogP contribution in [0, 0.1) is 11.8 Å². The Morgan fingerprint density at radius 3 is 2.25 bits per heavy atom. The summed E-state index contributed by atoms with van der Waals surface area (Å²) in [4.78, 5) is 15.3. The van der Waals surface area contributed by atoms with Gasteiger partial charge in [-0.2, -0.15) is 0 Å². The number of rotatable bonds is 7. The summed E-state index contributed by atoms with van der Waals surface area (Å²) in [7, 11) is -3.30. The van der Waals surface area contributed by atoms with Gasteiger partial charge in [-0.05, 0) is 47.7 Å². The van der Waals surface area contributed by atoms with Crippen LogP contribution in [0.1, 0.15) is 19.4 Å². The van der Waals surface area contributed by atoms with Gasteiger partial charge in [-0.15, -0.1) is 0 Å². The summed E-state index contributed by atoms with van der Waals surface area (Å²) in [5.74, 6) is 2.49. The summed E-state index contributed by atoms with van der Waals surface area (Å²) in [6, 6.07) is 11.1. The van der Waals surface area contributed by atoms with Gasteiger partial charge in [0.05, 0.1) is 6.61 Å². The molecule has 0 aliphatic carbocycles. The zero-order chi connectivity index (χ0) is 22.7. The highest BCUT2D eigenvalue weighted by atomic mass is 32.2. The van der Waals surface area contributed by atoms with Crippen molar-refractivity contribution in [3.8, 4) is 16.9 Å². The first-order valence-corrected chi connectivity index (χ1v) is 12.7. The molecule has 1 aliphatic rings. The summed E-state index contributed by atoms with van der Waals surface area (Å²) in [6.45, 7) is 6.78. The first kappa shape index (κ1) is 22.2. The van der Waals surface area contributed by atoms with Crippen LogP contribution >= 0.6 is 0 Å². The Hall–Kier alpha value is -3.00. The second-order valence-electron chi connectivity index (χ2n) is 8.38. The summed E-state index contributed by atoms with van der Waals surface area (Å²) < 4.78 is 29.2. The zero-order valence-corrected chi connectivity index (χ0v) is 19.4. The third kappa shape index (κ3) is 5.07. The molecule has 0 radical (unpaired) electrons. The van der Waals surface area contributed by atoms with Gasteiger partial charge in [-0.25, -0.2) is 23.4 Å². The van der Waals surface area contributed by atoms with Crippen LogP contribution in [0.15, 0.2) is 60.0 Å². The van der Waals surface area contributed by atoms with Gasteiger partial charge in [0.1, 0.15) is 5.75 Å². The summed E-state index contributed by atoms with van der Waals surface area (Å²) in [5.41, 5.74) is 2.96. The fraction of sp³-hybridized carbons (Fsp3) is 0.375. The van der Waals surface area contributed by atoms with Crippen molar-refractivity contribution in [1.82, 2.24) is 15.0 Å². The molecule has 32 heavy (non-hydrogen) atoms. The lowest BCUT2D eigenvalue weighted by Crippen LogP contribution is -2.23. The van der Waals surface area contributed by atoms with Gasteiger partial charge in [0.25, 0.3) is 0 Å². The van der Waals surface area contributed by atoms with E-state index >= 15 is 0 Å². The Morgan fingerprint density at radius 2 is 1.66 bits per heavy atom. The lowest BCUT2D eigenvalue weighted by Gasteiger charge is -2.17. The number of aryl methyl sites for hydroxylation is 1. The number of nitrogens with zero attached hydrogens (tertiary/aromatic N) is 4. The molecule has 0 spiro atoms. The van der Waals surface area contributed by atoms with E-state index in [1.807, 2.05) is 36.7 Å². The number of hydrogen-bond donors (Lipinski definition) is 0. The third-order valence-electron chi connectivity index (χ3n) is 5.92. The number of pyridine rings is 1. The lowest BCUT2D eigenvalue weighted by atomic mass is 9.99. The normalized spacial score (nSPS) is 18.7. The monoisotopic (exact) mass is 452 g/mol. The molecular weight excluding hydrogens is 424 g/mol. The van der Waals surface area contributed by atoms with E-state index in [1.54, 1.807) is 12.3 Å². The summed E-state index contributed by atoms with van der Waals surface area (Å²) in [6.07, 6.45) is 7.48. The van der Waals surface area contributed by atoms with Gasteiger partial charge >= 0.3 is 0 Å². The molecule has 1 fully saturated rings. The molecule has 1 aliphatic heterocycles. The van der Waals surface area contributed by atoms with Crippen molar-refractivity contribution in [2.45, 2.75) is 25.3 Å². The number of benzene rings is 1. The standard InChI is InChI=1S/C24H28N4O3S/c1-4-18-11-26-24(27-12-18)28-14-17(2)21(15-28)16-31-22-8-5-19(6-9-22)20-7-10-23(25-13-20)32(3,29)30/h5-13,17,21H,4,14-16H2,1-3H3. The van der Waals surface area contributed by atoms with Crippen LogP contribution in [0.3, 0.4) is 0 Å². The average molecular weight is 453 g/mol. The Morgan fingerprint density at radius 1 is 0.969 bits per heavy atom. The molecule has 7 nitrogen and oxygen atoms in total. The summed E-state index contributed by atoms with van der Waals surface area (Å²) >= 11 is 0. The van der Waals surface area contributed by atoms with Crippen molar-refractivity contribution in [1.29, 1.82) is 0 Å². The van der Waals surface area contributed by atoms with Gasteiger partial charge in [-0.3, -0.25) is 0 Å². The van der Waals surface area contributed by atoms with E-state index in [2.05, 4.69) is 33.7 Å². The van der Waals surface area contributed by atoms with Crippen LogP contribution in [-0.2, 0) is 16.3 Å². The van der Waals surface area contributed by atoms with E-state index in [0.29, 0.717) is 18.4 Å². The van der Waals surface area contributed by atoms with E-state index in [0.717, 1.165) is 54.2 Å². The van der Waals surface area contributed by atoms with Crippen LogP contribution in [0.5, 0.6) is 5.75 Å². The largest absolute Gasteiger partial charge is 0.493 e. The minimum absolute atomic E-state index is 0.0765. The van der Waals surface area contributed by atoms with Crippen molar-refractivity contribution in [2.24, 2.45) is 11.8 Å². The number of sulfone groups is 1. The fourth-order valence-electron chi connectivity index (χ4n) is 3.83. The predicted molar refractivity (Wildman–Crippen MR) is 125 cm³/mol. The Balaban J connectivity index is 1.35. The molecule has 0 amide bonds. The number of anilines is 1. The molecule has 0 N–H and O–H groups in total. The van der Waals surface area contributed by atoms with E-state index in [-0.39, 0.29) is 5.03 Å². The van der Waals surface area contributed by atoms with E-state index < -0.39 is 9.84 Å². The van der Waals surface area contributed by atoms with Crippen LogP contribution < -0.4 is 9.64 Å². The quantitative estimate of drug-likeness (QED) is 0.541. The van der Waals surface area contributed by atoms with Gasteiger partial charge < -0.3 is 9.64 Å². The molecule has 2 aromatic heterocycles. The Labute approximate surface area is 189 Å². The molecule has 3 heterocycles. The predicted octanol–water partition coefficient (Wildman–Crippen LogP) is 3.66. The minimum atomic E-state index is -3.30. The Kier molecular flexibility index (Phi) is 6.41.